The lowest BCUT2D eigenvalue weighted by molar-refractivity contribution is -0.308. The van der Waals surface area contributed by atoms with Crippen LogP contribution in [0.5, 0.6) is 11.5 Å². The summed E-state index contributed by atoms with van der Waals surface area (Å²) in [7, 11) is -5.89. The van der Waals surface area contributed by atoms with Gasteiger partial charge >= 0.3 is 24.6 Å². The lowest BCUT2D eigenvalue weighted by Gasteiger charge is -2.45. The number of carbonyl (C=O) groups is 1. The highest BCUT2D eigenvalue weighted by molar-refractivity contribution is 7.91. The van der Waals surface area contributed by atoms with E-state index >= 15 is 0 Å². The van der Waals surface area contributed by atoms with E-state index in [-0.39, 0.29) is 53.8 Å². The molecule has 414 valence electrons. The molecule has 0 bridgehead atoms. The summed E-state index contributed by atoms with van der Waals surface area (Å²) in [5.41, 5.74) is 4.33. The van der Waals surface area contributed by atoms with Gasteiger partial charge in [0.25, 0.3) is 6.10 Å². The number of amides is 1. The van der Waals surface area contributed by atoms with Crippen LogP contribution in [0.15, 0.2) is 36.4 Å². The Kier molecular flexibility index (Phi) is 19.1. The molecule has 2 aromatic carbocycles. The second kappa shape index (κ2) is 23.8. The molecule has 13 nitrogen and oxygen atoms in total. The summed E-state index contributed by atoms with van der Waals surface area (Å²) >= 11 is 0. The lowest BCUT2D eigenvalue weighted by Crippen LogP contribution is -2.54. The van der Waals surface area contributed by atoms with Gasteiger partial charge in [-0.2, -0.15) is 39.5 Å². The smallest absolute Gasteiger partial charge is 0.434 e. The number of aryl methyl sites for hydroxylation is 2. The first-order chi connectivity index (χ1) is 34.0. The zero-order valence-corrected chi connectivity index (χ0v) is 43.2. The zero-order valence-electron chi connectivity index (χ0n) is 41.5. The summed E-state index contributed by atoms with van der Waals surface area (Å²) in [6, 6.07) is 12.3. The van der Waals surface area contributed by atoms with Gasteiger partial charge in [-0.05, 0) is 147 Å². The van der Waals surface area contributed by atoms with Gasteiger partial charge in [0, 0.05) is 48.4 Å². The predicted molar refractivity (Wildman–Crippen MR) is 255 cm³/mol. The van der Waals surface area contributed by atoms with Gasteiger partial charge in [-0.25, -0.2) is 21.6 Å². The van der Waals surface area contributed by atoms with E-state index in [2.05, 4.69) is 45.0 Å². The monoisotopic (exact) mass is 1090 g/mol. The average Bonchev–Trinajstić information content (AvgIpc) is 3.87. The molecule has 2 N–H and O–H groups in total. The maximum atomic E-state index is 12.8. The molecule has 6 aliphatic rings. The van der Waals surface area contributed by atoms with Crippen LogP contribution in [-0.4, -0.2) is 159 Å². The van der Waals surface area contributed by atoms with E-state index in [0.717, 1.165) is 67.3 Å². The van der Waals surface area contributed by atoms with Crippen molar-refractivity contribution in [1.29, 1.82) is 0 Å². The molecule has 1 amide bonds. The van der Waals surface area contributed by atoms with Crippen LogP contribution in [0.3, 0.4) is 0 Å². The Balaban J connectivity index is 0.000000220. The highest BCUT2D eigenvalue weighted by atomic mass is 32.2. The molecule has 6 aliphatic heterocycles. The van der Waals surface area contributed by atoms with Crippen LogP contribution in [0, 0.1) is 13.8 Å². The highest BCUT2D eigenvalue weighted by Crippen LogP contribution is 2.43. The minimum Gasteiger partial charge on any atom is -0.490 e. The zero-order chi connectivity index (χ0) is 53.6. The Bertz CT molecular complexity index is 2350. The molecule has 0 radical (unpaired) electrons. The molecule has 24 heteroatoms. The second-order valence-electron chi connectivity index (χ2n) is 20.5. The maximum Gasteiger partial charge on any atom is 0.434 e. The minimum absolute atomic E-state index is 0.0143. The molecular formula is C49H69F9N4O9S2. The molecule has 6 fully saturated rings. The molecule has 0 aliphatic carbocycles. The minimum atomic E-state index is -5.76. The summed E-state index contributed by atoms with van der Waals surface area (Å²) < 4.78 is 173. The third-order valence-corrected chi connectivity index (χ3v) is 18.4. The van der Waals surface area contributed by atoms with E-state index < -0.39 is 56.5 Å². The summed E-state index contributed by atoms with van der Waals surface area (Å²) in [6.07, 6.45) is -14.7. The van der Waals surface area contributed by atoms with Gasteiger partial charge in [0.05, 0.1) is 23.0 Å². The number of nitrogens with one attached hydrogen (secondary N) is 1. The SMILES string of the molecule is CC(O)C(F)(F)F.Cc1ccc(CN2CCCC23CCN(C(=O)OC(C(F)(F)F)C(F)(F)F)CC3)c(OC2CCS(=O)(=O)CC2)c1.Cc1ccc(CN2CCCC23CCNCC3)c(OC2CCS(=O)(=O)CC2)c1. The normalized spacial score (nSPS) is 23.1. The number of alkyl halides is 9. The quantitative estimate of drug-likeness (QED) is 0.231. The molecule has 8 rings (SSSR count). The molecule has 6 saturated heterocycles. The molecule has 0 saturated carbocycles. The maximum absolute atomic E-state index is 12.8. The Morgan fingerprint density at radius 3 is 1.40 bits per heavy atom. The number of piperidine rings is 2. The third kappa shape index (κ3) is 16.2. The second-order valence-corrected chi connectivity index (χ2v) is 25.1. The van der Waals surface area contributed by atoms with Gasteiger partial charge in [-0.3, -0.25) is 9.80 Å². The van der Waals surface area contributed by atoms with Crippen molar-refractivity contribution in [3.63, 3.8) is 0 Å². The number of aliphatic hydroxyl groups excluding tert-OH is 1. The van der Waals surface area contributed by atoms with Gasteiger partial charge < -0.3 is 29.5 Å². The fraction of sp³-hybridized carbons (Fsp3) is 0.735. The first-order valence-corrected chi connectivity index (χ1v) is 28.6. The number of likely N-dealkylation sites (tertiary alicyclic amines) is 3. The average molecular weight is 1090 g/mol. The molecule has 0 aromatic heterocycles. The van der Waals surface area contributed by atoms with E-state index in [1.54, 1.807) is 0 Å². The number of hydrogen-bond acceptors (Lipinski definition) is 12. The molecule has 6 heterocycles. The van der Waals surface area contributed by atoms with Crippen LogP contribution in [0.1, 0.15) is 106 Å². The largest absolute Gasteiger partial charge is 0.490 e. The van der Waals surface area contributed by atoms with Crippen molar-refractivity contribution >= 4 is 25.8 Å². The topological polar surface area (TPSA) is 155 Å². The summed E-state index contributed by atoms with van der Waals surface area (Å²) in [5, 5.41) is 11.3. The van der Waals surface area contributed by atoms with Crippen molar-refractivity contribution in [2.75, 3.05) is 62.3 Å². The first kappa shape index (κ1) is 58.7. The molecule has 2 spiro atoms. The number of rotatable bonds is 9. The van der Waals surface area contributed by atoms with E-state index in [9.17, 15) is 61.1 Å². The molecule has 1 atom stereocenters. The van der Waals surface area contributed by atoms with Crippen LogP contribution >= 0.6 is 0 Å². The van der Waals surface area contributed by atoms with Gasteiger partial charge in [0.15, 0.2) is 19.7 Å². The number of ether oxygens (including phenoxy) is 3. The number of sulfone groups is 2. The molecule has 2 aromatic rings. The fourth-order valence-electron chi connectivity index (χ4n) is 10.7. The summed E-state index contributed by atoms with van der Waals surface area (Å²) in [5.74, 6) is 2.30. The van der Waals surface area contributed by atoms with Crippen LogP contribution in [0.2, 0.25) is 0 Å². The third-order valence-electron chi connectivity index (χ3n) is 15.0. The van der Waals surface area contributed by atoms with Crippen LogP contribution < -0.4 is 14.8 Å². The Hall–Kier alpha value is -3.58. The van der Waals surface area contributed by atoms with Crippen molar-refractivity contribution < 1.29 is 80.5 Å². The Labute approximate surface area is 422 Å². The number of aliphatic hydroxyl groups is 1. The number of benzene rings is 2. The Morgan fingerprint density at radius 1 is 0.644 bits per heavy atom. The number of carbonyl (C=O) groups excluding carboxylic acids is 1. The van der Waals surface area contributed by atoms with E-state index in [1.807, 2.05) is 25.1 Å². The molecule has 1 unspecified atom stereocenters. The van der Waals surface area contributed by atoms with Gasteiger partial charge in [0.1, 0.15) is 29.8 Å². The van der Waals surface area contributed by atoms with Crippen molar-refractivity contribution in [1.82, 2.24) is 20.0 Å². The van der Waals surface area contributed by atoms with Crippen molar-refractivity contribution in [2.24, 2.45) is 0 Å². The highest BCUT2D eigenvalue weighted by Gasteiger charge is 2.60. The van der Waals surface area contributed by atoms with E-state index in [0.29, 0.717) is 63.3 Å². The van der Waals surface area contributed by atoms with Crippen LogP contribution in [0.25, 0.3) is 0 Å². The number of hydrogen-bond donors (Lipinski definition) is 2. The van der Waals surface area contributed by atoms with Crippen molar-refractivity contribution in [2.45, 2.75) is 165 Å². The van der Waals surface area contributed by atoms with E-state index in [1.165, 1.54) is 36.8 Å². The fourth-order valence-corrected chi connectivity index (χ4v) is 13.6. The molecule has 73 heavy (non-hydrogen) atoms. The number of nitrogens with zero attached hydrogens (tertiary/aromatic N) is 3. The first-order valence-electron chi connectivity index (χ1n) is 25.0. The van der Waals surface area contributed by atoms with Gasteiger partial charge in [0.2, 0.25) is 0 Å². The number of halogens is 9. The summed E-state index contributed by atoms with van der Waals surface area (Å²) in [4.78, 5) is 18.0. The lowest BCUT2D eigenvalue weighted by atomic mass is 9.85. The van der Waals surface area contributed by atoms with Gasteiger partial charge in [-0.1, -0.05) is 24.3 Å². The van der Waals surface area contributed by atoms with E-state index in [4.69, 9.17) is 14.6 Å². The van der Waals surface area contributed by atoms with Crippen molar-refractivity contribution in [3.05, 3.63) is 58.7 Å². The Morgan fingerprint density at radius 2 is 1.03 bits per heavy atom. The van der Waals surface area contributed by atoms with Crippen molar-refractivity contribution in [3.8, 4) is 11.5 Å². The predicted octanol–water partition coefficient (Wildman–Crippen LogP) is 8.61. The van der Waals surface area contributed by atoms with Gasteiger partial charge in [-0.15, -0.1) is 0 Å². The standard InChI is InChI=1S/C25H32F6N2O5S.C21H32N2O3S.C3H5F3O/c1-17-3-4-18(20(15-17)37-19-5-13-39(35,36)14-6-19)16-33-10-2-7-23(33)8-11-32(12-9-23)22(34)38-21(24(26,27)28)25(29,30)31;1-17-3-4-18(16-23-12-2-7-21(23)8-10-22-11-9-21)20(15-17)26-19-5-13-27(24,25)14-6-19;1-2(7)3(4,5)6/h3-4,15,19,21H,2,5-14,16H2,1H3;3-4,15,19,22H,2,5-14,16H2,1H3;2,7H,1H3. The van der Waals surface area contributed by atoms with Crippen LogP contribution in [-0.2, 0) is 37.5 Å². The van der Waals surface area contributed by atoms with Crippen LogP contribution in [0.4, 0.5) is 44.3 Å². The molecular weight excluding hydrogens is 1020 g/mol. The summed E-state index contributed by atoms with van der Waals surface area (Å²) in [6.45, 7) is 10.2.